The quantitative estimate of drug-likeness (QED) is 0.383. The zero-order valence-electron chi connectivity index (χ0n) is 16.4. The van der Waals surface area contributed by atoms with Gasteiger partial charge in [-0.3, -0.25) is 0 Å². The summed E-state index contributed by atoms with van der Waals surface area (Å²) in [5, 5.41) is 6.19. The van der Waals surface area contributed by atoms with Crippen molar-refractivity contribution >= 4 is 23.3 Å². The highest BCUT2D eigenvalue weighted by atomic mass is 35.5. The fraction of sp³-hybridized carbons (Fsp3) is 0.208. The molecule has 0 aliphatic rings. The first-order valence-corrected chi connectivity index (χ1v) is 10.2. The molecule has 30 heavy (non-hydrogen) atoms. The molecule has 0 saturated heterocycles. The van der Waals surface area contributed by atoms with Crippen molar-refractivity contribution < 1.29 is 13.6 Å². The molecule has 3 aromatic carbocycles. The molecule has 6 heteroatoms. The smallest absolute Gasteiger partial charge is 0.319 e. The molecule has 0 aromatic heterocycles. The largest absolute Gasteiger partial charge is 0.338 e. The van der Waals surface area contributed by atoms with E-state index in [0.29, 0.717) is 17.3 Å². The van der Waals surface area contributed by atoms with Crippen molar-refractivity contribution in [1.29, 1.82) is 0 Å². The maximum absolute atomic E-state index is 13.3. The van der Waals surface area contributed by atoms with E-state index in [-0.39, 0.29) is 23.6 Å². The van der Waals surface area contributed by atoms with E-state index in [0.717, 1.165) is 30.4 Å². The monoisotopic (exact) mass is 428 g/mol. The summed E-state index contributed by atoms with van der Waals surface area (Å²) in [7, 11) is 0. The molecular weight excluding hydrogens is 406 g/mol. The molecule has 0 aliphatic carbocycles. The average Bonchev–Trinajstić information content (AvgIpc) is 2.74. The van der Waals surface area contributed by atoms with Gasteiger partial charge in [-0.05, 0) is 72.5 Å². The first kappa shape index (κ1) is 21.8. The highest BCUT2D eigenvalue weighted by Gasteiger charge is 2.14. The van der Waals surface area contributed by atoms with Crippen LogP contribution in [0.25, 0.3) is 0 Å². The van der Waals surface area contributed by atoms with Crippen molar-refractivity contribution in [1.82, 2.24) is 5.32 Å². The van der Waals surface area contributed by atoms with Crippen LogP contribution in [0.2, 0.25) is 5.02 Å². The lowest BCUT2D eigenvalue weighted by atomic mass is 9.87. The number of benzene rings is 3. The number of hydrogen-bond donors (Lipinski definition) is 2. The minimum atomic E-state index is -0.285. The van der Waals surface area contributed by atoms with E-state index < -0.39 is 0 Å². The molecule has 0 atom stereocenters. The minimum Gasteiger partial charge on any atom is -0.338 e. The first-order valence-electron chi connectivity index (χ1n) is 9.82. The number of nitrogens with one attached hydrogen (secondary N) is 2. The summed E-state index contributed by atoms with van der Waals surface area (Å²) in [6, 6.07) is 19.4. The van der Waals surface area contributed by atoms with Crippen LogP contribution >= 0.6 is 11.6 Å². The van der Waals surface area contributed by atoms with E-state index in [2.05, 4.69) is 10.6 Å². The summed E-state index contributed by atoms with van der Waals surface area (Å²) in [6.45, 7) is 0.527. The standard InChI is InChI=1S/C24H23ClF2N2O/c25-19-8-14-22(15-9-19)29-24(30)28-16-2-1-3-23(17-4-10-20(26)11-5-17)18-6-12-21(27)13-7-18/h4-15,23H,1-3,16H2,(H2,28,29,30). The van der Waals surface area contributed by atoms with Crippen LogP contribution in [0.1, 0.15) is 36.3 Å². The van der Waals surface area contributed by atoms with Gasteiger partial charge in [0.15, 0.2) is 0 Å². The average molecular weight is 429 g/mol. The van der Waals surface area contributed by atoms with Crippen LogP contribution < -0.4 is 10.6 Å². The summed E-state index contributed by atoms with van der Waals surface area (Å²) in [5.41, 5.74) is 2.64. The molecule has 2 amide bonds. The number of unbranched alkanes of at least 4 members (excludes halogenated alkanes) is 1. The van der Waals surface area contributed by atoms with E-state index in [1.54, 1.807) is 48.5 Å². The first-order chi connectivity index (χ1) is 14.5. The lowest BCUT2D eigenvalue weighted by Crippen LogP contribution is -2.29. The Bertz CT molecular complexity index is 899. The van der Waals surface area contributed by atoms with Crippen molar-refractivity contribution in [2.45, 2.75) is 25.2 Å². The Labute approximate surface area is 180 Å². The molecule has 3 nitrogen and oxygen atoms in total. The summed E-state index contributed by atoms with van der Waals surface area (Å²) in [6.07, 6.45) is 2.44. The molecule has 3 aromatic rings. The van der Waals surface area contributed by atoms with Crippen LogP contribution in [-0.2, 0) is 0 Å². The number of carbonyl (C=O) groups excluding carboxylic acids is 1. The number of amides is 2. The number of hydrogen-bond acceptors (Lipinski definition) is 1. The van der Waals surface area contributed by atoms with Gasteiger partial charge in [0.25, 0.3) is 0 Å². The van der Waals surface area contributed by atoms with Crippen LogP contribution in [0.5, 0.6) is 0 Å². The fourth-order valence-corrected chi connectivity index (χ4v) is 3.43. The molecule has 2 N–H and O–H groups in total. The molecule has 0 bridgehead atoms. The maximum atomic E-state index is 13.3. The van der Waals surface area contributed by atoms with Gasteiger partial charge in [-0.2, -0.15) is 0 Å². The highest BCUT2D eigenvalue weighted by molar-refractivity contribution is 6.30. The SMILES string of the molecule is O=C(NCCCCC(c1ccc(F)cc1)c1ccc(F)cc1)Nc1ccc(Cl)cc1. The summed E-state index contributed by atoms with van der Waals surface area (Å²) >= 11 is 5.83. The van der Waals surface area contributed by atoms with Gasteiger partial charge in [0.2, 0.25) is 0 Å². The molecule has 0 unspecified atom stereocenters. The van der Waals surface area contributed by atoms with Gasteiger partial charge in [-0.1, -0.05) is 42.3 Å². The van der Waals surface area contributed by atoms with Crippen molar-refractivity contribution in [3.05, 3.63) is 101 Å². The van der Waals surface area contributed by atoms with Crippen molar-refractivity contribution in [2.75, 3.05) is 11.9 Å². The predicted molar refractivity (Wildman–Crippen MR) is 117 cm³/mol. The molecule has 0 fully saturated rings. The van der Waals surface area contributed by atoms with Crippen molar-refractivity contribution in [3.63, 3.8) is 0 Å². The molecule has 0 heterocycles. The summed E-state index contributed by atoms with van der Waals surface area (Å²) in [4.78, 5) is 12.0. The van der Waals surface area contributed by atoms with Crippen LogP contribution in [0.15, 0.2) is 72.8 Å². The van der Waals surface area contributed by atoms with E-state index in [9.17, 15) is 13.6 Å². The van der Waals surface area contributed by atoms with Crippen molar-refractivity contribution in [2.24, 2.45) is 0 Å². The summed E-state index contributed by atoms with van der Waals surface area (Å²) in [5.74, 6) is -0.533. The van der Waals surface area contributed by atoms with E-state index in [4.69, 9.17) is 11.6 Å². The van der Waals surface area contributed by atoms with Crippen molar-refractivity contribution in [3.8, 4) is 0 Å². The van der Waals surface area contributed by atoms with Crippen LogP contribution in [-0.4, -0.2) is 12.6 Å². The Morgan fingerprint density at radius 1 is 0.800 bits per heavy atom. The Morgan fingerprint density at radius 2 is 1.33 bits per heavy atom. The third-order valence-corrected chi connectivity index (χ3v) is 5.10. The molecule has 0 aliphatic heterocycles. The van der Waals surface area contributed by atoms with Crippen LogP contribution in [0, 0.1) is 11.6 Å². The second-order valence-electron chi connectivity index (χ2n) is 7.04. The molecule has 0 radical (unpaired) electrons. The van der Waals surface area contributed by atoms with Crippen LogP contribution in [0.3, 0.4) is 0 Å². The number of rotatable bonds is 8. The zero-order valence-corrected chi connectivity index (χ0v) is 17.1. The van der Waals surface area contributed by atoms with Gasteiger partial charge in [0.1, 0.15) is 11.6 Å². The van der Waals surface area contributed by atoms with Gasteiger partial charge >= 0.3 is 6.03 Å². The molecule has 156 valence electrons. The number of anilines is 1. The van der Waals surface area contributed by atoms with E-state index >= 15 is 0 Å². The molecular formula is C24H23ClF2N2O. The third kappa shape index (κ3) is 6.56. The fourth-order valence-electron chi connectivity index (χ4n) is 3.30. The topological polar surface area (TPSA) is 41.1 Å². The van der Waals surface area contributed by atoms with Crippen LogP contribution in [0.4, 0.5) is 19.3 Å². The molecule has 0 saturated carbocycles. The maximum Gasteiger partial charge on any atom is 0.319 e. The van der Waals surface area contributed by atoms with E-state index in [1.807, 2.05) is 0 Å². The zero-order chi connectivity index (χ0) is 21.3. The van der Waals surface area contributed by atoms with Gasteiger partial charge in [-0.25, -0.2) is 13.6 Å². The Hall–Kier alpha value is -2.92. The lowest BCUT2D eigenvalue weighted by molar-refractivity contribution is 0.252. The molecule has 0 spiro atoms. The Kier molecular flexibility index (Phi) is 7.80. The van der Waals surface area contributed by atoms with Gasteiger partial charge in [0.05, 0.1) is 0 Å². The van der Waals surface area contributed by atoms with Gasteiger partial charge < -0.3 is 10.6 Å². The number of halogens is 3. The molecule has 3 rings (SSSR count). The number of carbonyl (C=O) groups is 1. The Balaban J connectivity index is 1.50. The lowest BCUT2D eigenvalue weighted by Gasteiger charge is -2.18. The second-order valence-corrected chi connectivity index (χ2v) is 7.48. The number of urea groups is 1. The second kappa shape index (κ2) is 10.7. The minimum absolute atomic E-state index is 0.0362. The normalized spacial score (nSPS) is 10.8. The van der Waals surface area contributed by atoms with Gasteiger partial charge in [-0.15, -0.1) is 0 Å². The summed E-state index contributed by atoms with van der Waals surface area (Å²) < 4.78 is 26.6. The Morgan fingerprint density at radius 3 is 1.87 bits per heavy atom. The van der Waals surface area contributed by atoms with Gasteiger partial charge in [0, 0.05) is 23.2 Å². The highest BCUT2D eigenvalue weighted by Crippen LogP contribution is 2.30. The predicted octanol–water partition coefficient (Wildman–Crippen LogP) is 6.74. The van der Waals surface area contributed by atoms with E-state index in [1.165, 1.54) is 24.3 Å². The third-order valence-electron chi connectivity index (χ3n) is 4.85.